The summed E-state index contributed by atoms with van der Waals surface area (Å²) in [5.41, 5.74) is 1.17. The van der Waals surface area contributed by atoms with Crippen LogP contribution in [0.25, 0.3) is 0 Å². The molecule has 2 aromatic rings. The third-order valence-corrected chi connectivity index (χ3v) is 5.90. The van der Waals surface area contributed by atoms with Crippen LogP contribution in [-0.2, 0) is 14.8 Å². The lowest BCUT2D eigenvalue weighted by Crippen LogP contribution is -2.25. The molecule has 8 nitrogen and oxygen atoms in total. The number of nitrogens with one attached hydrogen (secondary N) is 2. The maximum absolute atomic E-state index is 12.3. The molecule has 1 amide bonds. The molecule has 2 aromatic carbocycles. The van der Waals surface area contributed by atoms with Crippen LogP contribution in [0.5, 0.6) is 17.2 Å². The van der Waals surface area contributed by atoms with E-state index in [4.69, 9.17) is 14.2 Å². The monoisotopic (exact) mass is 420 g/mol. The van der Waals surface area contributed by atoms with Crippen LogP contribution in [0.3, 0.4) is 0 Å². The van der Waals surface area contributed by atoms with Crippen LogP contribution in [0.1, 0.15) is 18.4 Å². The highest BCUT2D eigenvalue weighted by atomic mass is 32.2. The van der Waals surface area contributed by atoms with Crippen molar-refractivity contribution in [3.8, 4) is 17.2 Å². The van der Waals surface area contributed by atoms with E-state index in [1.165, 1.54) is 26.4 Å². The minimum Gasteiger partial charge on any atom is -0.493 e. The molecule has 3 rings (SSSR count). The Bertz CT molecular complexity index is 1000. The zero-order valence-electron chi connectivity index (χ0n) is 16.5. The number of hydrogen-bond donors (Lipinski definition) is 2. The molecule has 1 saturated carbocycles. The molecule has 29 heavy (non-hydrogen) atoms. The van der Waals surface area contributed by atoms with E-state index in [1.54, 1.807) is 31.2 Å². The van der Waals surface area contributed by atoms with E-state index < -0.39 is 10.0 Å². The molecule has 0 atom stereocenters. The topological polar surface area (TPSA) is 103 Å². The SMILES string of the molecule is COc1ccc(NC(=O)COc2ccc(S(=O)(=O)NC3CC3)cc2C)cc1OC. The molecule has 0 spiro atoms. The molecular weight excluding hydrogens is 396 g/mol. The van der Waals surface area contributed by atoms with Gasteiger partial charge in [0, 0.05) is 17.8 Å². The van der Waals surface area contributed by atoms with Crippen LogP contribution in [0.4, 0.5) is 5.69 Å². The number of benzene rings is 2. The minimum absolute atomic E-state index is 0.0384. The zero-order valence-corrected chi connectivity index (χ0v) is 17.3. The Hall–Kier alpha value is -2.78. The van der Waals surface area contributed by atoms with Crippen LogP contribution in [0, 0.1) is 6.92 Å². The molecule has 156 valence electrons. The van der Waals surface area contributed by atoms with Gasteiger partial charge in [0.05, 0.1) is 19.1 Å². The second-order valence-corrected chi connectivity index (χ2v) is 8.44. The van der Waals surface area contributed by atoms with E-state index in [-0.39, 0.29) is 23.5 Å². The lowest BCUT2D eigenvalue weighted by molar-refractivity contribution is -0.118. The van der Waals surface area contributed by atoms with Gasteiger partial charge >= 0.3 is 0 Å². The maximum atomic E-state index is 12.3. The van der Waals surface area contributed by atoms with E-state index in [0.717, 1.165) is 12.8 Å². The second-order valence-electron chi connectivity index (χ2n) is 6.73. The van der Waals surface area contributed by atoms with E-state index in [0.29, 0.717) is 28.5 Å². The maximum Gasteiger partial charge on any atom is 0.262 e. The van der Waals surface area contributed by atoms with Crippen molar-refractivity contribution < 1.29 is 27.4 Å². The summed E-state index contributed by atoms with van der Waals surface area (Å²) in [5.74, 6) is 1.14. The Morgan fingerprint density at radius 2 is 1.72 bits per heavy atom. The van der Waals surface area contributed by atoms with Gasteiger partial charge in [-0.1, -0.05) is 0 Å². The van der Waals surface area contributed by atoms with Gasteiger partial charge < -0.3 is 19.5 Å². The summed E-state index contributed by atoms with van der Waals surface area (Å²) >= 11 is 0. The lowest BCUT2D eigenvalue weighted by Gasteiger charge is -2.13. The lowest BCUT2D eigenvalue weighted by atomic mass is 10.2. The number of hydrogen-bond acceptors (Lipinski definition) is 6. The summed E-state index contributed by atoms with van der Waals surface area (Å²) in [6.45, 7) is 1.51. The summed E-state index contributed by atoms with van der Waals surface area (Å²) in [7, 11) is -0.482. The summed E-state index contributed by atoms with van der Waals surface area (Å²) in [6.07, 6.45) is 1.74. The molecule has 1 fully saturated rings. The molecule has 0 saturated heterocycles. The predicted molar refractivity (Wildman–Crippen MR) is 108 cm³/mol. The fourth-order valence-electron chi connectivity index (χ4n) is 2.69. The Morgan fingerprint density at radius 3 is 2.34 bits per heavy atom. The summed E-state index contributed by atoms with van der Waals surface area (Å²) in [4.78, 5) is 12.4. The third kappa shape index (κ3) is 5.39. The summed E-state index contributed by atoms with van der Waals surface area (Å²) < 4.78 is 43.1. The molecule has 0 aromatic heterocycles. The first-order valence-electron chi connectivity index (χ1n) is 9.10. The van der Waals surface area contributed by atoms with E-state index in [9.17, 15) is 13.2 Å². The van der Waals surface area contributed by atoms with E-state index in [1.807, 2.05) is 0 Å². The Labute approximate surface area is 170 Å². The van der Waals surface area contributed by atoms with Crippen molar-refractivity contribution >= 4 is 21.6 Å². The number of carbonyl (C=O) groups excluding carboxylic acids is 1. The number of rotatable bonds is 9. The molecule has 1 aliphatic rings. The molecule has 2 N–H and O–H groups in total. The van der Waals surface area contributed by atoms with Gasteiger partial charge in [0.15, 0.2) is 18.1 Å². The van der Waals surface area contributed by atoms with Gasteiger partial charge in [-0.2, -0.15) is 0 Å². The van der Waals surface area contributed by atoms with Crippen molar-refractivity contribution in [3.63, 3.8) is 0 Å². The Balaban J connectivity index is 1.60. The van der Waals surface area contributed by atoms with Crippen molar-refractivity contribution in [1.82, 2.24) is 4.72 Å². The van der Waals surface area contributed by atoms with Crippen LogP contribution >= 0.6 is 0 Å². The van der Waals surface area contributed by atoms with Gasteiger partial charge in [-0.05, 0) is 55.7 Å². The van der Waals surface area contributed by atoms with E-state index >= 15 is 0 Å². The minimum atomic E-state index is -3.53. The number of ether oxygens (including phenoxy) is 3. The van der Waals surface area contributed by atoms with Crippen molar-refractivity contribution in [3.05, 3.63) is 42.0 Å². The Morgan fingerprint density at radius 1 is 1.03 bits per heavy atom. The van der Waals surface area contributed by atoms with Crippen LogP contribution < -0.4 is 24.2 Å². The summed E-state index contributed by atoms with van der Waals surface area (Å²) in [6, 6.07) is 9.63. The van der Waals surface area contributed by atoms with Gasteiger partial charge in [-0.3, -0.25) is 4.79 Å². The highest BCUT2D eigenvalue weighted by molar-refractivity contribution is 7.89. The quantitative estimate of drug-likeness (QED) is 0.646. The molecule has 0 unspecified atom stereocenters. The largest absolute Gasteiger partial charge is 0.493 e. The first-order chi connectivity index (χ1) is 13.8. The fourth-order valence-corrected chi connectivity index (χ4v) is 4.08. The number of carbonyl (C=O) groups is 1. The van der Waals surface area contributed by atoms with Crippen molar-refractivity contribution in [2.75, 3.05) is 26.1 Å². The highest BCUT2D eigenvalue weighted by Gasteiger charge is 2.28. The standard InChI is InChI=1S/C20H24N2O6S/c1-13-10-16(29(24,25)22-14-4-5-14)7-9-17(13)28-12-20(23)21-15-6-8-18(26-2)19(11-15)27-3/h6-11,14,22H,4-5,12H2,1-3H3,(H,21,23). The molecule has 0 radical (unpaired) electrons. The van der Waals surface area contributed by atoms with E-state index in [2.05, 4.69) is 10.0 Å². The van der Waals surface area contributed by atoms with Crippen molar-refractivity contribution in [2.24, 2.45) is 0 Å². The Kier molecular flexibility index (Phi) is 6.29. The van der Waals surface area contributed by atoms with Crippen molar-refractivity contribution in [2.45, 2.75) is 30.7 Å². The van der Waals surface area contributed by atoms with Crippen LogP contribution in [-0.4, -0.2) is 41.2 Å². The third-order valence-electron chi connectivity index (χ3n) is 4.38. The first-order valence-corrected chi connectivity index (χ1v) is 10.6. The normalized spacial score (nSPS) is 13.6. The molecular formula is C20H24N2O6S. The molecule has 9 heteroatoms. The first kappa shape index (κ1) is 20.9. The number of sulfonamides is 1. The van der Waals surface area contributed by atoms with Gasteiger partial charge in [-0.15, -0.1) is 0 Å². The van der Waals surface area contributed by atoms with Crippen LogP contribution in [0.15, 0.2) is 41.3 Å². The van der Waals surface area contributed by atoms with Crippen molar-refractivity contribution in [1.29, 1.82) is 0 Å². The van der Waals surface area contributed by atoms with Gasteiger partial charge in [0.25, 0.3) is 5.91 Å². The summed E-state index contributed by atoms with van der Waals surface area (Å²) in [5, 5.41) is 2.72. The number of aryl methyl sites for hydroxylation is 1. The molecule has 1 aliphatic carbocycles. The number of anilines is 1. The average Bonchev–Trinajstić information content (AvgIpc) is 3.50. The zero-order chi connectivity index (χ0) is 21.0. The highest BCUT2D eigenvalue weighted by Crippen LogP contribution is 2.30. The van der Waals surface area contributed by atoms with Gasteiger partial charge in [0.2, 0.25) is 10.0 Å². The second kappa shape index (κ2) is 8.71. The smallest absolute Gasteiger partial charge is 0.262 e. The molecule has 0 aliphatic heterocycles. The fraction of sp³-hybridized carbons (Fsp3) is 0.350. The van der Waals surface area contributed by atoms with Gasteiger partial charge in [0.1, 0.15) is 5.75 Å². The average molecular weight is 420 g/mol. The van der Waals surface area contributed by atoms with Gasteiger partial charge in [-0.25, -0.2) is 13.1 Å². The van der Waals surface area contributed by atoms with Crippen LogP contribution in [0.2, 0.25) is 0 Å². The molecule has 0 heterocycles. The molecule has 0 bridgehead atoms. The number of amides is 1. The number of methoxy groups -OCH3 is 2. The predicted octanol–water partition coefficient (Wildman–Crippen LogP) is 2.47.